The molecule has 103 heavy (non-hydrogen) atoms. The Labute approximate surface area is 694 Å². The molecule has 0 amide bonds. The van der Waals surface area contributed by atoms with Gasteiger partial charge in [-0.15, -0.1) is 0 Å². The Morgan fingerprint density at radius 1 is 0.573 bits per heavy atom. The zero-order valence-corrected chi connectivity index (χ0v) is 70.1. The molecule has 0 saturated carbocycles. The summed E-state index contributed by atoms with van der Waals surface area (Å²) < 4.78 is 67.5. The monoisotopic (exact) mass is 1550 g/mol. The predicted octanol–water partition coefficient (Wildman–Crippen LogP) is 14.3. The summed E-state index contributed by atoms with van der Waals surface area (Å²) in [5.41, 5.74) is 7.56. The first-order valence-corrected chi connectivity index (χ1v) is 51.0. The van der Waals surface area contributed by atoms with Crippen LogP contribution in [-0.2, 0) is 29.5 Å². The van der Waals surface area contributed by atoms with Crippen LogP contribution in [0.15, 0.2) is 212 Å². The zero-order chi connectivity index (χ0) is 72.0. The molecule has 3 atom stereocenters. The van der Waals surface area contributed by atoms with Gasteiger partial charge in [0.05, 0.1) is 33.2 Å². The van der Waals surface area contributed by atoms with Crippen molar-refractivity contribution in [1.29, 1.82) is 0 Å². The van der Waals surface area contributed by atoms with Crippen LogP contribution in [0.1, 0.15) is 122 Å². The number of carboxylic acid groups (broad SMARTS) is 1. The number of carbonyl (C=O) groups is 1. The minimum absolute atomic E-state index is 0. The molecule has 9 heterocycles. The first kappa shape index (κ1) is 83.6. The SMILES string of the molecule is C.CC(C)(C)c1ccnc(-n2c3ccccc3c3ccc(O)cc32)c1.CC(C)(C)c1ccnc(-n2c3ccccc3c3ccc(Oc4ccc(F)c(-c5nccn5C5CCCCO5)c4)cc32)c1.Fc1ccc(Br)cc1-c1nccn1C1CCCCO1.O=C(O)c1ccccn1.O=[P+]([O-])O[O-].[K+].[K][K]. The number of aromatic nitrogens is 9. The van der Waals surface area contributed by atoms with Crippen LogP contribution in [0.3, 0.4) is 0 Å². The van der Waals surface area contributed by atoms with E-state index in [1.165, 1.54) is 98.7 Å². The molecule has 15 rings (SSSR count). The van der Waals surface area contributed by atoms with E-state index in [0.717, 1.165) is 105 Å². The van der Waals surface area contributed by atoms with Gasteiger partial charge in [0.1, 0.15) is 70.3 Å². The molecule has 2 fully saturated rings. The van der Waals surface area contributed by atoms with E-state index in [-0.39, 0.29) is 105 Å². The van der Waals surface area contributed by atoms with Crippen molar-refractivity contribution in [3.8, 4) is 51.7 Å². The molecule has 518 valence electrons. The number of rotatable bonds is 10. The van der Waals surface area contributed by atoms with Gasteiger partial charge in [0.25, 0.3) is 0 Å². The summed E-state index contributed by atoms with van der Waals surface area (Å²) in [7, 11) is -3.15. The molecular formula is C77H76BrF2K3N9O10P. The summed E-state index contributed by atoms with van der Waals surface area (Å²) in [4.78, 5) is 40.7. The van der Waals surface area contributed by atoms with E-state index in [9.17, 15) is 14.3 Å². The second kappa shape index (κ2) is 39.2. The van der Waals surface area contributed by atoms with Gasteiger partial charge in [0.2, 0.25) is 0 Å². The van der Waals surface area contributed by atoms with Gasteiger partial charge >= 0.3 is 129 Å². The number of carboxylic acids is 1. The fourth-order valence-corrected chi connectivity index (χ4v) is 12.3. The van der Waals surface area contributed by atoms with E-state index in [2.05, 4.69) is 152 Å². The van der Waals surface area contributed by atoms with Crippen LogP contribution in [0.25, 0.3) is 78.0 Å². The van der Waals surface area contributed by atoms with Gasteiger partial charge in [-0.3, -0.25) is 9.13 Å². The molecule has 0 aliphatic carbocycles. The standard InChI is InChI=1S/C35H33FN4O2.C21H20N2O.C14H14BrFN2O.C6H5NO2.CH4.3K.HO4P/c1-35(2,3)23-15-16-37-32(20-23)40-30-9-5-4-8-26(30)27-13-11-25(22-31(27)40)42-24-12-14-29(36)28(21-24)34-38-17-18-39(34)33-10-6-7-19-41-33;1-21(2,3)14-10-11-22-20(12-14)23-18-7-5-4-6-16(18)17-9-8-15(24)13-19(17)23;15-10-4-5-12(16)11(9-10)14-17-6-7-18(14)13-3-1-2-8-19-13;8-6(9)5-3-1-2-4-7-5;;;;;1-4-5(2)3/h4-5,8-9,11-18,20-22,33H,6-7,10,19H2,1-3H3;4-13,24H,1-3H3;4-7,9,13H,1-3,8H2;1-4H,(H,8,9);1H4;;;;1H/q;;;;;;;+1;/p-1. The third-order valence-electron chi connectivity index (χ3n) is 16.8. The first-order chi connectivity index (χ1) is 48.6. The molecule has 2 aliphatic heterocycles. The number of hydrogen-bond donors (Lipinski definition) is 2. The second-order valence-corrected chi connectivity index (χ2v) is 27.0. The van der Waals surface area contributed by atoms with Gasteiger partial charge in [-0.1, -0.05) is 107 Å². The average Bonchev–Trinajstić information content (AvgIpc) is 1.60. The molecular weight excluding hydrogens is 1480 g/mol. The summed E-state index contributed by atoms with van der Waals surface area (Å²) >= 11 is 5.87. The Morgan fingerprint density at radius 3 is 1.50 bits per heavy atom. The van der Waals surface area contributed by atoms with Crippen molar-refractivity contribution in [3.63, 3.8) is 0 Å². The van der Waals surface area contributed by atoms with Crippen molar-refractivity contribution in [3.05, 3.63) is 240 Å². The summed E-state index contributed by atoms with van der Waals surface area (Å²) in [6.45, 7) is 14.7. The van der Waals surface area contributed by atoms with Crippen LogP contribution in [0.4, 0.5) is 8.78 Å². The normalized spacial score (nSPS) is 14.3. The van der Waals surface area contributed by atoms with Gasteiger partial charge in [0.15, 0.2) is 0 Å². The van der Waals surface area contributed by atoms with Crippen molar-refractivity contribution in [1.82, 2.24) is 43.2 Å². The van der Waals surface area contributed by atoms with E-state index in [0.29, 0.717) is 40.9 Å². The van der Waals surface area contributed by atoms with Crippen LogP contribution in [-0.4, -0.2) is 136 Å². The fourth-order valence-electron chi connectivity index (χ4n) is 11.9. The molecule has 2 aliphatic rings. The van der Waals surface area contributed by atoms with Crippen molar-refractivity contribution in [2.24, 2.45) is 0 Å². The van der Waals surface area contributed by atoms with E-state index in [1.54, 1.807) is 60.9 Å². The number of phenols is 1. The zero-order valence-electron chi connectivity index (χ0n) is 58.2. The molecule has 0 radical (unpaired) electrons. The van der Waals surface area contributed by atoms with Gasteiger partial charge in [-0.25, -0.2) is 43.2 Å². The number of ether oxygens (including phenoxy) is 3. The number of aromatic hydroxyl groups is 1. The van der Waals surface area contributed by atoms with Gasteiger partial charge < -0.3 is 43.7 Å². The van der Waals surface area contributed by atoms with E-state index < -0.39 is 14.2 Å². The molecule has 7 aromatic heterocycles. The number of imidazole rings is 2. The Bertz CT molecular complexity index is 5000. The maximum atomic E-state index is 15.1. The Morgan fingerprint density at radius 2 is 1.03 bits per heavy atom. The molecule has 13 aromatic rings. The van der Waals surface area contributed by atoms with Crippen LogP contribution in [0, 0.1) is 11.6 Å². The summed E-state index contributed by atoms with van der Waals surface area (Å²) in [6.07, 6.45) is 18.2. The fraction of sp³-hybridized carbons (Fsp3) is 0.247. The molecule has 0 bridgehead atoms. The Hall–Kier alpha value is -4.99. The van der Waals surface area contributed by atoms with Crippen molar-refractivity contribution in [2.45, 2.75) is 111 Å². The molecule has 3 unspecified atom stereocenters. The molecule has 2 saturated heterocycles. The van der Waals surface area contributed by atoms with Crippen LogP contribution in [0.5, 0.6) is 17.2 Å². The maximum absolute atomic E-state index is 15.1. The number of para-hydroxylation sites is 2. The van der Waals surface area contributed by atoms with Crippen LogP contribution < -0.4 is 66.3 Å². The van der Waals surface area contributed by atoms with Gasteiger partial charge in [-0.2, -0.15) is 0 Å². The van der Waals surface area contributed by atoms with Crippen molar-refractivity contribution >= 4 is 137 Å². The summed E-state index contributed by atoms with van der Waals surface area (Å²) in [5, 5.41) is 31.4. The number of nitrogens with zero attached hydrogens (tertiary/aromatic N) is 9. The van der Waals surface area contributed by atoms with Gasteiger partial charge in [-0.05, 0) is 174 Å². The van der Waals surface area contributed by atoms with E-state index in [4.69, 9.17) is 39.0 Å². The summed E-state index contributed by atoms with van der Waals surface area (Å²) in [5.74, 6) is 2.70. The molecule has 19 nitrogen and oxygen atoms in total. The number of halogens is 3. The summed E-state index contributed by atoms with van der Waals surface area (Å²) in [6, 6.07) is 51.1. The molecule has 26 heteroatoms. The predicted molar refractivity (Wildman–Crippen MR) is 395 cm³/mol. The quantitative estimate of drug-likeness (QED) is 0.0560. The topological polar surface area (TPSA) is 242 Å². The van der Waals surface area contributed by atoms with Crippen molar-refractivity contribution in [2.75, 3.05) is 13.2 Å². The number of pyridine rings is 3. The number of aromatic carboxylic acids is 1. The van der Waals surface area contributed by atoms with Crippen LogP contribution in [0.2, 0.25) is 0 Å². The van der Waals surface area contributed by atoms with Crippen LogP contribution >= 0.6 is 24.2 Å². The first-order valence-electron chi connectivity index (χ1n) is 33.1. The van der Waals surface area contributed by atoms with E-state index >= 15 is 4.39 Å². The number of hydrogen-bond acceptors (Lipinski definition) is 14. The molecule has 0 spiro atoms. The van der Waals surface area contributed by atoms with Gasteiger partial charge in [0, 0.05) is 94.7 Å². The number of benzene rings is 6. The third-order valence-corrected chi connectivity index (χ3v) is 17.4. The second-order valence-electron chi connectivity index (χ2n) is 25.5. The van der Waals surface area contributed by atoms with Crippen molar-refractivity contribution < 1.29 is 109 Å². The Kier molecular flexibility index (Phi) is 31.8. The third kappa shape index (κ3) is 21.2. The number of phenolic OH excluding ortho intramolecular Hbond substituents is 1. The Balaban J connectivity index is 0.000000186. The van der Waals surface area contributed by atoms with E-state index in [1.807, 2.05) is 70.3 Å². The number of fused-ring (bicyclic) bond motifs is 6. The minimum atomic E-state index is -3.15. The molecule has 2 N–H and O–H groups in total. The molecule has 6 aromatic carbocycles. The average molecular weight is 1550 g/mol.